The number of amides is 2. The van der Waals surface area contributed by atoms with Crippen LogP contribution in [0.1, 0.15) is 35.7 Å². The summed E-state index contributed by atoms with van der Waals surface area (Å²) in [6.45, 7) is 4.66. The Balaban J connectivity index is 1.39. The molecule has 1 aliphatic rings. The summed E-state index contributed by atoms with van der Waals surface area (Å²) < 4.78 is 0. The third kappa shape index (κ3) is 6.64. The monoisotopic (exact) mass is 441 g/mol. The molecule has 6 nitrogen and oxygen atoms in total. The number of para-hydroxylation sites is 1. The molecule has 0 atom stereocenters. The van der Waals surface area contributed by atoms with E-state index >= 15 is 0 Å². The third-order valence-electron chi connectivity index (χ3n) is 5.49. The summed E-state index contributed by atoms with van der Waals surface area (Å²) in [6.07, 6.45) is 1.35. The van der Waals surface area contributed by atoms with Crippen LogP contribution in [0.15, 0.2) is 48.5 Å². The molecule has 3 rings (SSSR count). The predicted octanol–water partition coefficient (Wildman–Crippen LogP) is 3.65. The van der Waals surface area contributed by atoms with Gasteiger partial charge in [0.1, 0.15) is 0 Å². The lowest BCUT2D eigenvalue weighted by atomic mass is 10.0. The number of nitrogens with zero attached hydrogens (tertiary/aromatic N) is 2. The number of hydrogen-bond acceptors (Lipinski definition) is 4. The van der Waals surface area contributed by atoms with Crippen LogP contribution < -0.4 is 5.32 Å². The maximum atomic E-state index is 12.5. The number of ketones is 1. The number of rotatable bonds is 8. The topological polar surface area (TPSA) is 69.7 Å². The molecule has 1 N–H and O–H groups in total. The number of carbonyl (C=O) groups is 3. The maximum Gasteiger partial charge on any atom is 0.238 e. The first-order valence-corrected chi connectivity index (χ1v) is 11.0. The van der Waals surface area contributed by atoms with Gasteiger partial charge in [0.2, 0.25) is 11.8 Å². The fourth-order valence-electron chi connectivity index (χ4n) is 3.56. The van der Waals surface area contributed by atoms with Gasteiger partial charge in [-0.3, -0.25) is 19.3 Å². The van der Waals surface area contributed by atoms with Gasteiger partial charge in [-0.2, -0.15) is 0 Å². The van der Waals surface area contributed by atoms with Gasteiger partial charge in [-0.25, -0.2) is 0 Å². The molecule has 0 saturated carbocycles. The van der Waals surface area contributed by atoms with Gasteiger partial charge in [0.25, 0.3) is 0 Å². The second-order valence-corrected chi connectivity index (χ2v) is 8.07. The van der Waals surface area contributed by atoms with E-state index in [9.17, 15) is 14.4 Å². The minimum Gasteiger partial charge on any atom is -0.340 e. The molecule has 1 aliphatic heterocycles. The molecular formula is C24H28ClN3O3. The molecule has 0 aromatic heterocycles. The zero-order chi connectivity index (χ0) is 22.2. The Morgan fingerprint density at radius 2 is 1.61 bits per heavy atom. The molecule has 0 aliphatic carbocycles. The van der Waals surface area contributed by atoms with Gasteiger partial charge in [0.05, 0.1) is 17.3 Å². The Bertz CT molecular complexity index is 922. The molecule has 1 fully saturated rings. The Labute approximate surface area is 188 Å². The van der Waals surface area contributed by atoms with E-state index < -0.39 is 0 Å². The highest BCUT2D eigenvalue weighted by atomic mass is 35.5. The number of carbonyl (C=O) groups excluding carboxylic acids is 3. The standard InChI is InChI=1S/C24H28ClN3O3/c1-2-18-7-9-19(10-8-18)22(29)11-12-24(31)28-15-13-27(14-16-28)17-23(30)26-21-6-4-3-5-20(21)25/h3-10H,2,11-17H2,1H3,(H,26,30). The Kier molecular flexibility index (Phi) is 8.20. The molecule has 2 aromatic carbocycles. The Morgan fingerprint density at radius 3 is 2.26 bits per heavy atom. The van der Waals surface area contributed by atoms with Crippen molar-refractivity contribution in [2.45, 2.75) is 26.2 Å². The third-order valence-corrected chi connectivity index (χ3v) is 5.82. The van der Waals surface area contributed by atoms with E-state index in [0.29, 0.717) is 42.5 Å². The summed E-state index contributed by atoms with van der Waals surface area (Å²) in [5, 5.41) is 3.32. The number of nitrogens with one attached hydrogen (secondary N) is 1. The zero-order valence-electron chi connectivity index (χ0n) is 17.8. The first-order valence-electron chi connectivity index (χ1n) is 10.6. The average Bonchev–Trinajstić information content (AvgIpc) is 2.79. The van der Waals surface area contributed by atoms with Crippen LogP contribution >= 0.6 is 11.6 Å². The van der Waals surface area contributed by atoms with Gasteiger partial charge < -0.3 is 10.2 Å². The van der Waals surface area contributed by atoms with E-state index in [-0.39, 0.29) is 37.0 Å². The molecule has 0 unspecified atom stereocenters. The number of benzene rings is 2. The molecule has 7 heteroatoms. The quantitative estimate of drug-likeness (QED) is 0.635. The van der Waals surface area contributed by atoms with Crippen molar-refractivity contribution in [3.63, 3.8) is 0 Å². The Hall–Kier alpha value is -2.70. The highest BCUT2D eigenvalue weighted by Gasteiger charge is 2.23. The van der Waals surface area contributed by atoms with Crippen LogP contribution in [0.2, 0.25) is 5.02 Å². The average molecular weight is 442 g/mol. The fraction of sp³-hybridized carbons (Fsp3) is 0.375. The van der Waals surface area contributed by atoms with Crippen molar-refractivity contribution in [2.75, 3.05) is 38.0 Å². The van der Waals surface area contributed by atoms with Crippen LogP contribution in [0.3, 0.4) is 0 Å². The lowest BCUT2D eigenvalue weighted by Crippen LogP contribution is -2.50. The van der Waals surface area contributed by atoms with Gasteiger partial charge in [-0.05, 0) is 24.1 Å². The number of hydrogen-bond donors (Lipinski definition) is 1. The smallest absolute Gasteiger partial charge is 0.238 e. The second-order valence-electron chi connectivity index (χ2n) is 7.66. The van der Waals surface area contributed by atoms with Gasteiger partial charge in [-0.1, -0.05) is 54.9 Å². The maximum absolute atomic E-state index is 12.5. The van der Waals surface area contributed by atoms with Gasteiger partial charge >= 0.3 is 0 Å². The van der Waals surface area contributed by atoms with Crippen LogP contribution in [0.5, 0.6) is 0 Å². The number of aryl methyl sites for hydroxylation is 1. The summed E-state index contributed by atoms with van der Waals surface area (Å²) >= 11 is 6.07. The zero-order valence-corrected chi connectivity index (χ0v) is 18.5. The lowest BCUT2D eigenvalue weighted by molar-refractivity contribution is -0.133. The molecule has 0 spiro atoms. The summed E-state index contributed by atoms with van der Waals surface area (Å²) in [4.78, 5) is 40.9. The molecule has 31 heavy (non-hydrogen) atoms. The van der Waals surface area contributed by atoms with Crippen molar-refractivity contribution >= 4 is 34.9 Å². The van der Waals surface area contributed by atoms with Crippen LogP contribution in [0.25, 0.3) is 0 Å². The van der Waals surface area contributed by atoms with Crippen molar-refractivity contribution < 1.29 is 14.4 Å². The normalized spacial score (nSPS) is 14.3. The summed E-state index contributed by atoms with van der Waals surface area (Å²) in [5.41, 5.74) is 2.43. The highest BCUT2D eigenvalue weighted by molar-refractivity contribution is 6.33. The molecule has 1 heterocycles. The van der Waals surface area contributed by atoms with Gasteiger partial charge in [0, 0.05) is 44.6 Å². The van der Waals surface area contributed by atoms with Crippen LogP contribution in [0.4, 0.5) is 5.69 Å². The van der Waals surface area contributed by atoms with Crippen molar-refractivity contribution in [1.29, 1.82) is 0 Å². The van der Waals surface area contributed by atoms with Crippen molar-refractivity contribution in [3.8, 4) is 0 Å². The number of anilines is 1. The summed E-state index contributed by atoms with van der Waals surface area (Å²) in [7, 11) is 0. The van der Waals surface area contributed by atoms with E-state index in [2.05, 4.69) is 12.2 Å². The largest absolute Gasteiger partial charge is 0.340 e. The molecule has 2 amide bonds. The van der Waals surface area contributed by atoms with E-state index in [1.165, 1.54) is 5.56 Å². The summed E-state index contributed by atoms with van der Waals surface area (Å²) in [6, 6.07) is 14.7. The molecule has 164 valence electrons. The predicted molar refractivity (Wildman–Crippen MR) is 122 cm³/mol. The fourth-order valence-corrected chi connectivity index (χ4v) is 3.74. The molecular weight excluding hydrogens is 414 g/mol. The minimum atomic E-state index is -0.132. The number of Topliss-reactive ketones (excluding diaryl/α,β-unsaturated/α-hetero) is 1. The second kappa shape index (κ2) is 11.1. The van der Waals surface area contributed by atoms with Crippen molar-refractivity contribution in [3.05, 3.63) is 64.7 Å². The molecule has 2 aromatic rings. The van der Waals surface area contributed by atoms with Crippen LogP contribution in [-0.4, -0.2) is 60.1 Å². The van der Waals surface area contributed by atoms with E-state index in [1.54, 1.807) is 17.0 Å². The number of piperazine rings is 1. The van der Waals surface area contributed by atoms with Crippen molar-refractivity contribution in [2.24, 2.45) is 0 Å². The summed E-state index contributed by atoms with van der Waals surface area (Å²) in [5.74, 6) is -0.155. The highest BCUT2D eigenvalue weighted by Crippen LogP contribution is 2.20. The first-order chi connectivity index (χ1) is 15.0. The van der Waals surface area contributed by atoms with Gasteiger partial charge in [-0.15, -0.1) is 0 Å². The van der Waals surface area contributed by atoms with Crippen molar-refractivity contribution in [1.82, 2.24) is 9.80 Å². The molecule has 0 bridgehead atoms. The number of halogens is 1. The molecule has 0 radical (unpaired) electrons. The Morgan fingerprint density at radius 1 is 0.935 bits per heavy atom. The van der Waals surface area contributed by atoms with E-state index in [1.807, 2.05) is 41.3 Å². The minimum absolute atomic E-state index is 0.00844. The molecule has 1 saturated heterocycles. The SMILES string of the molecule is CCc1ccc(C(=O)CCC(=O)N2CCN(CC(=O)Nc3ccccc3Cl)CC2)cc1. The first kappa shape index (κ1) is 23.0. The van der Waals surface area contributed by atoms with E-state index in [0.717, 1.165) is 6.42 Å². The van der Waals surface area contributed by atoms with Crippen LogP contribution in [0, 0.1) is 0 Å². The van der Waals surface area contributed by atoms with Crippen LogP contribution in [-0.2, 0) is 16.0 Å². The van der Waals surface area contributed by atoms with E-state index in [4.69, 9.17) is 11.6 Å². The van der Waals surface area contributed by atoms with Gasteiger partial charge in [0.15, 0.2) is 5.78 Å². The lowest BCUT2D eigenvalue weighted by Gasteiger charge is -2.34.